The van der Waals surface area contributed by atoms with E-state index >= 15 is 0 Å². The summed E-state index contributed by atoms with van der Waals surface area (Å²) in [5.41, 5.74) is 5.98. The number of Topliss-reactive ketones (excluding diaryl/α,β-unsaturated/α-hetero) is 1. The minimum Gasteiger partial charge on any atom is -0.497 e. The van der Waals surface area contributed by atoms with Crippen LogP contribution in [0.4, 0.5) is 0 Å². The highest BCUT2D eigenvalue weighted by molar-refractivity contribution is 5.97. The summed E-state index contributed by atoms with van der Waals surface area (Å²) in [5.74, 6) is 0.799. The molecule has 3 aromatic heterocycles. The van der Waals surface area contributed by atoms with Crippen LogP contribution in [0.25, 0.3) is 16.9 Å². The van der Waals surface area contributed by atoms with E-state index in [1.807, 2.05) is 66.9 Å². The number of hydrogen-bond donors (Lipinski definition) is 0. The fourth-order valence-electron chi connectivity index (χ4n) is 3.46. The minimum absolute atomic E-state index is 0.0150. The molecule has 0 fully saturated rings. The number of fused-ring (bicyclic) bond motifs is 1. The molecule has 0 aliphatic rings. The van der Waals surface area contributed by atoms with Gasteiger partial charge < -0.3 is 9.14 Å². The summed E-state index contributed by atoms with van der Waals surface area (Å²) in [6.45, 7) is 3.92. The lowest BCUT2D eigenvalue weighted by atomic mass is 10.1. The molecule has 0 amide bonds. The molecular weight excluding hydrogens is 352 g/mol. The SMILES string of the molecule is COc1ccc(-c2nc3ccc(C)cn3c2CC(=O)c2cc(C)nn2C)cc1. The predicted molar refractivity (Wildman–Crippen MR) is 108 cm³/mol. The van der Waals surface area contributed by atoms with Crippen molar-refractivity contribution in [3.63, 3.8) is 0 Å². The van der Waals surface area contributed by atoms with Gasteiger partial charge >= 0.3 is 0 Å². The zero-order valence-electron chi connectivity index (χ0n) is 16.4. The van der Waals surface area contributed by atoms with Crippen LogP contribution in [0.2, 0.25) is 0 Å². The van der Waals surface area contributed by atoms with Crippen molar-refractivity contribution < 1.29 is 9.53 Å². The van der Waals surface area contributed by atoms with Gasteiger partial charge in [0.2, 0.25) is 0 Å². The molecule has 3 heterocycles. The van der Waals surface area contributed by atoms with E-state index in [-0.39, 0.29) is 12.2 Å². The predicted octanol–water partition coefficient (Wildman–Crippen LogP) is 3.79. The number of carbonyl (C=O) groups is 1. The monoisotopic (exact) mass is 374 g/mol. The van der Waals surface area contributed by atoms with Crippen molar-refractivity contribution in [3.8, 4) is 17.0 Å². The molecule has 0 radical (unpaired) electrons. The van der Waals surface area contributed by atoms with Crippen LogP contribution in [0, 0.1) is 13.8 Å². The van der Waals surface area contributed by atoms with Crippen LogP contribution >= 0.6 is 0 Å². The number of ketones is 1. The summed E-state index contributed by atoms with van der Waals surface area (Å²) in [6.07, 6.45) is 2.26. The third-order valence-electron chi connectivity index (χ3n) is 4.84. The van der Waals surface area contributed by atoms with Crippen LogP contribution in [0.3, 0.4) is 0 Å². The maximum absolute atomic E-state index is 13.0. The Labute approximate surface area is 163 Å². The van der Waals surface area contributed by atoms with E-state index in [9.17, 15) is 4.79 Å². The van der Waals surface area contributed by atoms with Gasteiger partial charge in [-0.3, -0.25) is 9.48 Å². The number of ether oxygens (including phenoxy) is 1. The third kappa shape index (κ3) is 3.17. The highest BCUT2D eigenvalue weighted by Crippen LogP contribution is 2.28. The number of hydrogen-bond acceptors (Lipinski definition) is 4. The molecule has 0 saturated carbocycles. The molecule has 28 heavy (non-hydrogen) atoms. The molecule has 1 aromatic carbocycles. The van der Waals surface area contributed by atoms with Gasteiger partial charge in [0.25, 0.3) is 0 Å². The Morgan fingerprint density at radius 2 is 1.86 bits per heavy atom. The van der Waals surface area contributed by atoms with Gasteiger partial charge in [0.1, 0.15) is 17.1 Å². The zero-order valence-corrected chi connectivity index (χ0v) is 16.4. The first-order valence-corrected chi connectivity index (χ1v) is 9.12. The standard InChI is InChI=1S/C22H22N4O2/c1-14-5-10-21-23-22(16-6-8-17(28-4)9-7-16)19(26(21)13-14)12-20(27)18-11-15(2)24-25(18)3/h5-11,13H,12H2,1-4H3. The van der Waals surface area contributed by atoms with Crippen molar-refractivity contribution in [2.75, 3.05) is 7.11 Å². The molecular formula is C22H22N4O2. The van der Waals surface area contributed by atoms with Crippen molar-refractivity contribution in [1.29, 1.82) is 0 Å². The van der Waals surface area contributed by atoms with Crippen LogP contribution in [-0.2, 0) is 13.5 Å². The van der Waals surface area contributed by atoms with E-state index < -0.39 is 0 Å². The van der Waals surface area contributed by atoms with Crippen molar-refractivity contribution in [1.82, 2.24) is 19.2 Å². The van der Waals surface area contributed by atoms with Crippen LogP contribution in [0.5, 0.6) is 5.75 Å². The lowest BCUT2D eigenvalue weighted by Gasteiger charge is -2.07. The fourth-order valence-corrected chi connectivity index (χ4v) is 3.46. The van der Waals surface area contributed by atoms with Gasteiger partial charge in [0.05, 0.1) is 30.6 Å². The number of methoxy groups -OCH3 is 1. The molecule has 6 heteroatoms. The topological polar surface area (TPSA) is 61.4 Å². The van der Waals surface area contributed by atoms with Crippen LogP contribution in [0.15, 0.2) is 48.7 Å². The van der Waals surface area contributed by atoms with Crippen molar-refractivity contribution in [2.24, 2.45) is 7.05 Å². The molecule has 0 unspecified atom stereocenters. The van der Waals surface area contributed by atoms with E-state index in [1.54, 1.807) is 18.8 Å². The number of nitrogens with zero attached hydrogens (tertiary/aromatic N) is 4. The quantitative estimate of drug-likeness (QED) is 0.499. The molecule has 4 rings (SSSR count). The number of aryl methyl sites for hydroxylation is 3. The number of pyridine rings is 1. The maximum atomic E-state index is 13.0. The second-order valence-corrected chi connectivity index (χ2v) is 6.96. The zero-order chi connectivity index (χ0) is 19.8. The highest BCUT2D eigenvalue weighted by Gasteiger charge is 2.20. The largest absolute Gasteiger partial charge is 0.497 e. The summed E-state index contributed by atoms with van der Waals surface area (Å²) in [7, 11) is 3.44. The molecule has 142 valence electrons. The number of benzene rings is 1. The molecule has 0 N–H and O–H groups in total. The van der Waals surface area contributed by atoms with Gasteiger partial charge in [-0.1, -0.05) is 6.07 Å². The van der Waals surface area contributed by atoms with Gasteiger partial charge in [-0.05, 0) is 55.8 Å². The second-order valence-electron chi connectivity index (χ2n) is 6.96. The maximum Gasteiger partial charge on any atom is 0.186 e. The lowest BCUT2D eigenvalue weighted by molar-refractivity contribution is 0.0983. The van der Waals surface area contributed by atoms with Crippen molar-refractivity contribution in [2.45, 2.75) is 20.3 Å². The highest BCUT2D eigenvalue weighted by atomic mass is 16.5. The molecule has 4 aromatic rings. The molecule has 0 spiro atoms. The number of imidazole rings is 1. The fraction of sp³-hybridized carbons (Fsp3) is 0.227. The first-order valence-electron chi connectivity index (χ1n) is 9.12. The lowest BCUT2D eigenvalue weighted by Crippen LogP contribution is -2.11. The van der Waals surface area contributed by atoms with Gasteiger partial charge in [0, 0.05) is 18.8 Å². The van der Waals surface area contributed by atoms with Crippen LogP contribution in [-0.4, -0.2) is 32.1 Å². The van der Waals surface area contributed by atoms with Crippen LogP contribution < -0.4 is 4.74 Å². The number of rotatable bonds is 5. The van der Waals surface area contributed by atoms with E-state index in [1.165, 1.54) is 0 Å². The van der Waals surface area contributed by atoms with Gasteiger partial charge in [-0.15, -0.1) is 0 Å². The first-order chi connectivity index (χ1) is 13.5. The summed E-state index contributed by atoms with van der Waals surface area (Å²) >= 11 is 0. The molecule has 0 atom stereocenters. The average Bonchev–Trinajstić information content (AvgIpc) is 3.21. The molecule has 0 bridgehead atoms. The first kappa shape index (κ1) is 18.0. The molecule has 0 aliphatic carbocycles. The Hall–Kier alpha value is -3.41. The van der Waals surface area contributed by atoms with Gasteiger partial charge in [-0.2, -0.15) is 5.10 Å². The average molecular weight is 374 g/mol. The van der Waals surface area contributed by atoms with Crippen molar-refractivity contribution >= 4 is 11.4 Å². The summed E-state index contributed by atoms with van der Waals surface area (Å²) in [5, 5.41) is 4.30. The Bertz CT molecular complexity index is 1170. The Balaban J connectivity index is 1.83. The molecule has 0 aliphatic heterocycles. The van der Waals surface area contributed by atoms with Crippen LogP contribution in [0.1, 0.15) is 27.4 Å². The minimum atomic E-state index is 0.0150. The normalized spacial score (nSPS) is 11.1. The smallest absolute Gasteiger partial charge is 0.186 e. The van der Waals surface area contributed by atoms with Gasteiger partial charge in [-0.25, -0.2) is 4.98 Å². The Kier molecular flexibility index (Phi) is 4.47. The Morgan fingerprint density at radius 3 is 2.50 bits per heavy atom. The van der Waals surface area contributed by atoms with E-state index in [2.05, 4.69) is 5.10 Å². The second kappa shape index (κ2) is 6.96. The number of carbonyl (C=O) groups excluding carboxylic acids is 1. The summed E-state index contributed by atoms with van der Waals surface area (Å²) < 4.78 is 8.91. The molecule has 6 nitrogen and oxygen atoms in total. The van der Waals surface area contributed by atoms with Crippen molar-refractivity contribution in [3.05, 3.63) is 71.3 Å². The number of aromatic nitrogens is 4. The summed E-state index contributed by atoms with van der Waals surface area (Å²) in [4.78, 5) is 17.8. The van der Waals surface area contributed by atoms with E-state index in [0.717, 1.165) is 39.6 Å². The molecule has 0 saturated heterocycles. The van der Waals surface area contributed by atoms with E-state index in [0.29, 0.717) is 5.69 Å². The Morgan fingerprint density at radius 1 is 1.11 bits per heavy atom. The third-order valence-corrected chi connectivity index (χ3v) is 4.84. The van der Waals surface area contributed by atoms with E-state index in [4.69, 9.17) is 9.72 Å². The van der Waals surface area contributed by atoms with Gasteiger partial charge in [0.15, 0.2) is 5.78 Å². The summed E-state index contributed by atoms with van der Waals surface area (Å²) in [6, 6.07) is 13.6.